The van der Waals surface area contributed by atoms with Gasteiger partial charge in [-0.25, -0.2) is 0 Å². The van der Waals surface area contributed by atoms with Crippen LogP contribution in [0.1, 0.15) is 16.1 Å². The number of rotatable bonds is 2. The van der Waals surface area contributed by atoms with Crippen molar-refractivity contribution in [1.82, 2.24) is 9.97 Å². The van der Waals surface area contributed by atoms with Gasteiger partial charge in [0.15, 0.2) is 0 Å². The molecule has 0 bridgehead atoms. The fourth-order valence-corrected chi connectivity index (χ4v) is 3.04. The van der Waals surface area contributed by atoms with Gasteiger partial charge in [-0.1, -0.05) is 78.9 Å². The van der Waals surface area contributed by atoms with Gasteiger partial charge in [0.1, 0.15) is 5.69 Å². The van der Waals surface area contributed by atoms with Gasteiger partial charge in [-0.15, -0.1) is 0 Å². The van der Waals surface area contributed by atoms with Crippen LogP contribution in [0.4, 0.5) is 0 Å². The van der Waals surface area contributed by atoms with Crippen LogP contribution in [0.2, 0.25) is 0 Å². The molecule has 3 heteroatoms. The maximum absolute atomic E-state index is 12.4. The van der Waals surface area contributed by atoms with E-state index in [0.29, 0.717) is 11.3 Å². The van der Waals surface area contributed by atoms with E-state index in [1.54, 1.807) is 6.20 Å². The van der Waals surface area contributed by atoms with Crippen LogP contribution >= 0.6 is 0 Å². The standard InChI is InChI=1S/C16H11NO.C9H7N/c18-16(13-7-2-1-3-8-13)15-14-9-5-4-6-12(14)10-11-17-15;1-2-6-9-8(4-1)5-3-7-10-9/h1-11H;1-7H. The molecule has 28 heavy (non-hydrogen) atoms. The lowest BCUT2D eigenvalue weighted by Gasteiger charge is -2.04. The molecule has 0 amide bonds. The van der Waals surface area contributed by atoms with E-state index in [9.17, 15) is 4.79 Å². The Labute approximate surface area is 163 Å². The van der Waals surface area contributed by atoms with E-state index in [4.69, 9.17) is 0 Å². The van der Waals surface area contributed by atoms with E-state index in [1.165, 1.54) is 5.39 Å². The third-order valence-electron chi connectivity index (χ3n) is 4.44. The summed E-state index contributed by atoms with van der Waals surface area (Å²) in [6.45, 7) is 0. The molecule has 0 saturated heterocycles. The Morgan fingerprint density at radius 1 is 0.571 bits per heavy atom. The first-order valence-corrected chi connectivity index (χ1v) is 9.06. The molecular formula is C25H18N2O. The van der Waals surface area contributed by atoms with E-state index >= 15 is 0 Å². The predicted octanol–water partition coefficient (Wildman–Crippen LogP) is 5.70. The molecule has 0 aliphatic carbocycles. The molecule has 0 radical (unpaired) electrons. The third kappa shape index (κ3) is 3.79. The van der Waals surface area contributed by atoms with Crippen LogP contribution in [0, 0.1) is 0 Å². The molecule has 5 aromatic rings. The molecule has 5 rings (SSSR count). The lowest BCUT2D eigenvalue weighted by atomic mass is 10.0. The molecule has 3 aromatic carbocycles. The molecule has 3 nitrogen and oxygen atoms in total. The van der Waals surface area contributed by atoms with Crippen LogP contribution in [-0.4, -0.2) is 15.8 Å². The van der Waals surface area contributed by atoms with Crippen LogP contribution in [0.3, 0.4) is 0 Å². The molecule has 0 aliphatic rings. The zero-order valence-electron chi connectivity index (χ0n) is 15.2. The second kappa shape index (κ2) is 8.23. The number of para-hydroxylation sites is 1. The number of fused-ring (bicyclic) bond motifs is 2. The lowest BCUT2D eigenvalue weighted by molar-refractivity contribution is 0.103. The summed E-state index contributed by atoms with van der Waals surface area (Å²) in [5.41, 5.74) is 2.24. The van der Waals surface area contributed by atoms with Crippen molar-refractivity contribution in [2.75, 3.05) is 0 Å². The highest BCUT2D eigenvalue weighted by Gasteiger charge is 2.12. The molecule has 0 atom stereocenters. The van der Waals surface area contributed by atoms with E-state index in [2.05, 4.69) is 22.1 Å². The normalized spacial score (nSPS) is 10.3. The van der Waals surface area contributed by atoms with Crippen molar-refractivity contribution in [2.24, 2.45) is 0 Å². The van der Waals surface area contributed by atoms with Gasteiger partial charge < -0.3 is 0 Å². The smallest absolute Gasteiger partial charge is 0.211 e. The van der Waals surface area contributed by atoms with Crippen molar-refractivity contribution in [3.8, 4) is 0 Å². The number of nitrogens with zero attached hydrogens (tertiary/aromatic N) is 2. The molecule has 0 saturated carbocycles. The summed E-state index contributed by atoms with van der Waals surface area (Å²) in [4.78, 5) is 20.8. The first kappa shape index (κ1) is 17.6. The van der Waals surface area contributed by atoms with Gasteiger partial charge in [-0.3, -0.25) is 14.8 Å². The molecule has 0 N–H and O–H groups in total. The van der Waals surface area contributed by atoms with Gasteiger partial charge in [0.05, 0.1) is 5.52 Å². The number of carbonyl (C=O) groups is 1. The number of hydrogen-bond acceptors (Lipinski definition) is 3. The minimum Gasteiger partial charge on any atom is -0.287 e. The van der Waals surface area contributed by atoms with Gasteiger partial charge in [0.25, 0.3) is 0 Å². The second-order valence-corrected chi connectivity index (χ2v) is 6.27. The van der Waals surface area contributed by atoms with Crippen molar-refractivity contribution in [3.05, 3.63) is 121 Å². The zero-order valence-corrected chi connectivity index (χ0v) is 15.2. The average molecular weight is 362 g/mol. The number of ketones is 1. The summed E-state index contributed by atoms with van der Waals surface area (Å²) in [7, 11) is 0. The van der Waals surface area contributed by atoms with Gasteiger partial charge in [0.2, 0.25) is 5.78 Å². The monoisotopic (exact) mass is 362 g/mol. The number of pyridine rings is 2. The van der Waals surface area contributed by atoms with Gasteiger partial charge >= 0.3 is 0 Å². The Bertz CT molecular complexity index is 1160. The zero-order chi connectivity index (χ0) is 19.2. The number of hydrogen-bond donors (Lipinski definition) is 0. The first-order valence-electron chi connectivity index (χ1n) is 9.06. The van der Waals surface area contributed by atoms with Crippen molar-refractivity contribution in [2.45, 2.75) is 0 Å². The van der Waals surface area contributed by atoms with E-state index in [0.717, 1.165) is 16.3 Å². The third-order valence-corrected chi connectivity index (χ3v) is 4.44. The lowest BCUT2D eigenvalue weighted by Crippen LogP contribution is -2.04. The molecule has 0 aliphatic heterocycles. The largest absolute Gasteiger partial charge is 0.287 e. The van der Waals surface area contributed by atoms with Crippen molar-refractivity contribution in [1.29, 1.82) is 0 Å². The minimum absolute atomic E-state index is 0.0348. The average Bonchev–Trinajstić information content (AvgIpc) is 2.79. The summed E-state index contributed by atoms with van der Waals surface area (Å²) in [6.07, 6.45) is 3.49. The maximum Gasteiger partial charge on any atom is 0.211 e. The fourth-order valence-electron chi connectivity index (χ4n) is 3.04. The van der Waals surface area contributed by atoms with Gasteiger partial charge in [-0.2, -0.15) is 0 Å². The van der Waals surface area contributed by atoms with E-state index in [-0.39, 0.29) is 5.78 Å². The van der Waals surface area contributed by atoms with Crippen LogP contribution in [0.5, 0.6) is 0 Å². The molecule has 2 heterocycles. The Morgan fingerprint density at radius 3 is 2.07 bits per heavy atom. The summed E-state index contributed by atoms with van der Waals surface area (Å²) in [6, 6.07) is 31.0. The Kier molecular flexibility index (Phi) is 5.16. The number of aromatic nitrogens is 2. The van der Waals surface area contributed by atoms with Crippen molar-refractivity contribution >= 4 is 27.5 Å². The van der Waals surface area contributed by atoms with Gasteiger partial charge in [-0.05, 0) is 23.6 Å². The maximum atomic E-state index is 12.4. The summed E-state index contributed by atoms with van der Waals surface area (Å²) < 4.78 is 0. The summed E-state index contributed by atoms with van der Waals surface area (Å²) in [5.74, 6) is -0.0348. The minimum atomic E-state index is -0.0348. The predicted molar refractivity (Wildman–Crippen MR) is 113 cm³/mol. The first-order chi connectivity index (χ1) is 13.8. The highest BCUT2D eigenvalue weighted by atomic mass is 16.1. The van der Waals surface area contributed by atoms with E-state index < -0.39 is 0 Å². The highest BCUT2D eigenvalue weighted by molar-refractivity contribution is 6.14. The van der Waals surface area contributed by atoms with Crippen LogP contribution < -0.4 is 0 Å². The van der Waals surface area contributed by atoms with Crippen LogP contribution in [0.15, 0.2) is 109 Å². The quantitative estimate of drug-likeness (QED) is 0.378. The highest BCUT2D eigenvalue weighted by Crippen LogP contribution is 2.19. The molecular weight excluding hydrogens is 344 g/mol. The molecule has 134 valence electrons. The molecule has 0 fully saturated rings. The summed E-state index contributed by atoms with van der Waals surface area (Å²) in [5, 5.41) is 3.13. The second-order valence-electron chi connectivity index (χ2n) is 6.27. The van der Waals surface area contributed by atoms with Crippen LogP contribution in [0.25, 0.3) is 21.7 Å². The summed E-state index contributed by atoms with van der Waals surface area (Å²) >= 11 is 0. The SMILES string of the molecule is O=C(c1ccccc1)c1nccc2ccccc12.c1ccc2ncccc2c1. The van der Waals surface area contributed by atoms with Crippen molar-refractivity contribution < 1.29 is 4.79 Å². The Hall–Kier alpha value is -3.85. The molecule has 0 spiro atoms. The van der Waals surface area contributed by atoms with E-state index in [1.807, 2.05) is 91.1 Å². The fraction of sp³-hybridized carbons (Fsp3) is 0. The Morgan fingerprint density at radius 2 is 1.25 bits per heavy atom. The topological polar surface area (TPSA) is 42.9 Å². The Balaban J connectivity index is 0.000000162. The molecule has 2 aromatic heterocycles. The van der Waals surface area contributed by atoms with Gasteiger partial charge in [0, 0.05) is 28.7 Å². The molecule has 0 unspecified atom stereocenters. The number of benzene rings is 3. The van der Waals surface area contributed by atoms with Crippen molar-refractivity contribution in [3.63, 3.8) is 0 Å². The van der Waals surface area contributed by atoms with Crippen LogP contribution in [-0.2, 0) is 0 Å². The number of carbonyl (C=O) groups excluding carboxylic acids is 1.